The third kappa shape index (κ3) is 3.75. The Hall–Kier alpha value is -1.54. The highest BCUT2D eigenvalue weighted by Crippen LogP contribution is 2.28. The van der Waals surface area contributed by atoms with Crippen molar-refractivity contribution in [2.75, 3.05) is 20.0 Å². The van der Waals surface area contributed by atoms with E-state index in [1.165, 1.54) is 0 Å². The third-order valence-corrected chi connectivity index (χ3v) is 3.68. The van der Waals surface area contributed by atoms with Crippen LogP contribution in [0.15, 0.2) is 23.1 Å². The highest BCUT2D eigenvalue weighted by atomic mass is 32.2. The summed E-state index contributed by atoms with van der Waals surface area (Å²) in [6, 6.07) is 7.23. The average molecular weight is 253 g/mol. The van der Waals surface area contributed by atoms with Crippen LogP contribution in [0.1, 0.15) is 12.8 Å². The van der Waals surface area contributed by atoms with Crippen molar-refractivity contribution in [2.45, 2.75) is 17.7 Å². The maximum atomic E-state index is 11.9. The zero-order valence-corrected chi connectivity index (χ0v) is 10.8. The summed E-state index contributed by atoms with van der Waals surface area (Å²) in [5, 5.41) is 8.41. The Morgan fingerprint density at radius 2 is 2.00 bits per heavy atom. The van der Waals surface area contributed by atoms with Gasteiger partial charge in [0.2, 0.25) is 0 Å². The maximum absolute atomic E-state index is 11.9. The number of hydrogen-bond acceptors (Lipinski definition) is 4. The highest BCUT2D eigenvalue weighted by molar-refractivity contribution is 7.85. The summed E-state index contributed by atoms with van der Waals surface area (Å²) in [4.78, 5) is 0.695. The molecule has 0 saturated carbocycles. The van der Waals surface area contributed by atoms with Crippen LogP contribution in [0.5, 0.6) is 11.5 Å². The molecule has 0 radical (unpaired) electrons. The summed E-state index contributed by atoms with van der Waals surface area (Å²) in [7, 11) is 2.01. The van der Waals surface area contributed by atoms with Gasteiger partial charge in [-0.25, -0.2) is 0 Å². The molecule has 0 spiro atoms. The van der Waals surface area contributed by atoms with Gasteiger partial charge in [0.25, 0.3) is 0 Å². The van der Waals surface area contributed by atoms with E-state index in [4.69, 9.17) is 14.7 Å². The monoisotopic (exact) mass is 253 g/mol. The summed E-state index contributed by atoms with van der Waals surface area (Å²) in [6.45, 7) is 0. The van der Waals surface area contributed by atoms with Crippen LogP contribution < -0.4 is 9.47 Å². The van der Waals surface area contributed by atoms with Gasteiger partial charge >= 0.3 is 0 Å². The van der Waals surface area contributed by atoms with Gasteiger partial charge in [-0.1, -0.05) is 0 Å². The van der Waals surface area contributed by atoms with E-state index < -0.39 is 10.8 Å². The Kier molecular flexibility index (Phi) is 5.50. The van der Waals surface area contributed by atoms with E-state index >= 15 is 0 Å². The lowest BCUT2D eigenvalue weighted by atomic mass is 10.3. The molecule has 0 heterocycles. The number of methoxy groups -OCH3 is 2. The molecular formula is C12H15NO3S. The lowest BCUT2D eigenvalue weighted by molar-refractivity contribution is 0.354. The van der Waals surface area contributed by atoms with Crippen molar-refractivity contribution in [3.63, 3.8) is 0 Å². The molecule has 1 rings (SSSR count). The van der Waals surface area contributed by atoms with Crippen LogP contribution in [0, 0.1) is 11.3 Å². The highest BCUT2D eigenvalue weighted by Gasteiger charge is 2.09. The first-order chi connectivity index (χ1) is 8.22. The van der Waals surface area contributed by atoms with Crippen molar-refractivity contribution >= 4 is 10.8 Å². The summed E-state index contributed by atoms with van der Waals surface area (Å²) in [6.07, 6.45) is 1.07. The number of benzene rings is 1. The SMILES string of the molecule is COc1ccc([S@@](=O)CCCC#N)cc1OC. The lowest BCUT2D eigenvalue weighted by Gasteiger charge is -2.09. The molecular weight excluding hydrogens is 238 g/mol. The molecule has 0 unspecified atom stereocenters. The molecule has 5 heteroatoms. The third-order valence-electron chi connectivity index (χ3n) is 2.24. The first-order valence-corrected chi connectivity index (χ1v) is 6.52. The topological polar surface area (TPSA) is 59.3 Å². The van der Waals surface area contributed by atoms with Gasteiger partial charge in [-0.3, -0.25) is 4.21 Å². The molecule has 0 aliphatic carbocycles. The number of nitrogens with zero attached hydrogens (tertiary/aromatic N) is 1. The maximum Gasteiger partial charge on any atom is 0.161 e. The molecule has 0 amide bonds. The van der Waals surface area contributed by atoms with Gasteiger partial charge in [-0.2, -0.15) is 5.26 Å². The van der Waals surface area contributed by atoms with Gasteiger partial charge in [0.05, 0.1) is 31.1 Å². The number of ether oxygens (including phenoxy) is 2. The van der Waals surface area contributed by atoms with Crippen molar-refractivity contribution in [3.05, 3.63) is 18.2 Å². The number of hydrogen-bond donors (Lipinski definition) is 0. The second-order valence-corrected chi connectivity index (χ2v) is 4.90. The fraction of sp³-hybridized carbons (Fsp3) is 0.417. The van der Waals surface area contributed by atoms with Crippen LogP contribution in [-0.2, 0) is 10.8 Å². The molecule has 4 nitrogen and oxygen atoms in total. The first-order valence-electron chi connectivity index (χ1n) is 5.20. The average Bonchev–Trinajstić information content (AvgIpc) is 2.38. The molecule has 0 fully saturated rings. The van der Waals surface area contributed by atoms with Gasteiger partial charge in [0, 0.05) is 23.1 Å². The minimum absolute atomic E-state index is 0.430. The Labute approximate surface area is 104 Å². The van der Waals surface area contributed by atoms with Crippen molar-refractivity contribution in [1.82, 2.24) is 0 Å². The van der Waals surface area contributed by atoms with E-state index in [1.807, 2.05) is 6.07 Å². The normalized spacial score (nSPS) is 11.6. The van der Waals surface area contributed by atoms with Crippen molar-refractivity contribution < 1.29 is 13.7 Å². The van der Waals surface area contributed by atoms with E-state index in [2.05, 4.69) is 0 Å². The van der Waals surface area contributed by atoms with E-state index in [0.717, 1.165) is 0 Å². The standard InChI is InChI=1S/C12H15NO3S/c1-15-11-6-5-10(9-12(11)16-2)17(14)8-4-3-7-13/h5-6,9H,3-4,8H2,1-2H3/t17-/m0/s1. The molecule has 1 aromatic carbocycles. The number of rotatable bonds is 6. The number of nitriles is 1. The smallest absolute Gasteiger partial charge is 0.161 e. The minimum atomic E-state index is -1.09. The lowest BCUT2D eigenvalue weighted by Crippen LogP contribution is -1.99. The van der Waals surface area contributed by atoms with Crippen LogP contribution in [-0.4, -0.2) is 24.2 Å². The summed E-state index contributed by atoms with van der Waals surface area (Å²) >= 11 is 0. The van der Waals surface area contributed by atoms with E-state index in [0.29, 0.717) is 35.0 Å². The second kappa shape index (κ2) is 6.92. The molecule has 1 aromatic rings. The van der Waals surface area contributed by atoms with Crippen LogP contribution in [0.4, 0.5) is 0 Å². The Morgan fingerprint density at radius 1 is 1.29 bits per heavy atom. The quantitative estimate of drug-likeness (QED) is 0.729. The molecule has 0 saturated heterocycles. The Morgan fingerprint density at radius 3 is 2.59 bits per heavy atom. The molecule has 0 bridgehead atoms. The largest absolute Gasteiger partial charge is 0.493 e. The Bertz CT molecular complexity index is 440. The number of unbranched alkanes of at least 4 members (excludes halogenated alkanes) is 1. The van der Waals surface area contributed by atoms with Gasteiger partial charge < -0.3 is 9.47 Å². The van der Waals surface area contributed by atoms with Crippen molar-refractivity contribution in [1.29, 1.82) is 5.26 Å². The molecule has 0 N–H and O–H groups in total. The molecule has 0 aromatic heterocycles. The molecule has 0 aliphatic rings. The van der Waals surface area contributed by atoms with Gasteiger partial charge in [-0.15, -0.1) is 0 Å². The van der Waals surface area contributed by atoms with Crippen molar-refractivity contribution in [3.8, 4) is 17.6 Å². The van der Waals surface area contributed by atoms with Crippen LogP contribution >= 0.6 is 0 Å². The van der Waals surface area contributed by atoms with Crippen LogP contribution in [0.2, 0.25) is 0 Å². The molecule has 0 aliphatic heterocycles. The fourth-order valence-electron chi connectivity index (χ4n) is 1.36. The summed E-state index contributed by atoms with van der Waals surface area (Å²) in [5.41, 5.74) is 0. The van der Waals surface area contributed by atoms with Gasteiger partial charge in [0.15, 0.2) is 11.5 Å². The van der Waals surface area contributed by atoms with Crippen molar-refractivity contribution in [2.24, 2.45) is 0 Å². The molecule has 1 atom stereocenters. The molecule has 17 heavy (non-hydrogen) atoms. The van der Waals surface area contributed by atoms with E-state index in [9.17, 15) is 4.21 Å². The summed E-state index contributed by atoms with van der Waals surface area (Å²) in [5.74, 6) is 1.67. The first kappa shape index (κ1) is 13.5. The predicted molar refractivity (Wildman–Crippen MR) is 65.7 cm³/mol. The Balaban J connectivity index is 2.78. The van der Waals surface area contributed by atoms with Gasteiger partial charge in [0.1, 0.15) is 0 Å². The van der Waals surface area contributed by atoms with Gasteiger partial charge in [-0.05, 0) is 18.6 Å². The molecule has 92 valence electrons. The predicted octanol–water partition coefficient (Wildman–Crippen LogP) is 2.12. The zero-order chi connectivity index (χ0) is 12.7. The fourth-order valence-corrected chi connectivity index (χ4v) is 2.46. The summed E-state index contributed by atoms with van der Waals surface area (Å²) < 4.78 is 22.1. The van der Waals surface area contributed by atoms with Crippen LogP contribution in [0.25, 0.3) is 0 Å². The van der Waals surface area contributed by atoms with Crippen LogP contribution in [0.3, 0.4) is 0 Å². The van der Waals surface area contributed by atoms with E-state index in [-0.39, 0.29) is 0 Å². The zero-order valence-electron chi connectivity index (χ0n) is 9.93. The minimum Gasteiger partial charge on any atom is -0.493 e. The van der Waals surface area contributed by atoms with E-state index in [1.54, 1.807) is 32.4 Å². The second-order valence-electron chi connectivity index (χ2n) is 3.33.